The highest BCUT2D eigenvalue weighted by atomic mass is 16.5. The number of imide groups is 1. The smallest absolute Gasteiger partial charge is 0.328 e. The Morgan fingerprint density at radius 2 is 1.76 bits per heavy atom. The van der Waals surface area contributed by atoms with Crippen molar-refractivity contribution in [2.24, 2.45) is 0 Å². The van der Waals surface area contributed by atoms with Crippen molar-refractivity contribution in [1.29, 1.82) is 0 Å². The summed E-state index contributed by atoms with van der Waals surface area (Å²) in [6, 6.07) is 6.83. The van der Waals surface area contributed by atoms with Gasteiger partial charge < -0.3 is 9.64 Å². The van der Waals surface area contributed by atoms with Gasteiger partial charge in [0, 0.05) is 25.4 Å². The van der Waals surface area contributed by atoms with Crippen molar-refractivity contribution < 1.29 is 23.9 Å². The van der Waals surface area contributed by atoms with Gasteiger partial charge in [0.25, 0.3) is 0 Å². The third kappa shape index (κ3) is 4.30. The molecule has 0 radical (unpaired) electrons. The van der Waals surface area contributed by atoms with Gasteiger partial charge in [0.15, 0.2) is 0 Å². The van der Waals surface area contributed by atoms with Crippen LogP contribution in [0, 0.1) is 6.92 Å². The van der Waals surface area contributed by atoms with E-state index in [9.17, 15) is 19.2 Å². The monoisotopic (exact) mass is 454 g/mol. The number of nitrogens with zero attached hydrogens (tertiary/aromatic N) is 2. The number of ether oxygens (including phenoxy) is 1. The van der Waals surface area contributed by atoms with E-state index in [0.29, 0.717) is 13.0 Å². The van der Waals surface area contributed by atoms with Gasteiger partial charge in [0.2, 0.25) is 17.7 Å². The normalized spacial score (nSPS) is 26.2. The molecular weight excluding hydrogens is 420 g/mol. The molecule has 2 unspecified atom stereocenters. The first-order valence-corrected chi connectivity index (χ1v) is 12.3. The standard InChI is InChI=1S/C26H34N2O5/c1-3-33-24(31)21-14-8-9-15-27(21)22(29)16-26(20-13-7-4-10-18(20)2)17-23(30)28(25(26)32)19-11-5-6-12-19/h4,7,10,13,19,21H,3,5-6,8-9,11-12,14-17H2,1-2H3. The number of carbonyl (C=O) groups excluding carboxylic acids is 4. The van der Waals surface area contributed by atoms with Gasteiger partial charge in [0.1, 0.15) is 6.04 Å². The Bertz CT molecular complexity index is 938. The van der Waals surface area contributed by atoms with Crippen molar-refractivity contribution in [2.45, 2.75) is 89.1 Å². The van der Waals surface area contributed by atoms with E-state index >= 15 is 0 Å². The zero-order valence-corrected chi connectivity index (χ0v) is 19.7. The summed E-state index contributed by atoms with van der Waals surface area (Å²) in [6.45, 7) is 4.38. The molecule has 1 aliphatic carbocycles. The van der Waals surface area contributed by atoms with E-state index in [2.05, 4.69) is 0 Å². The highest BCUT2D eigenvalue weighted by Gasteiger charge is 2.56. The summed E-state index contributed by atoms with van der Waals surface area (Å²) in [6.07, 6.45) is 5.77. The molecule has 1 aromatic rings. The summed E-state index contributed by atoms with van der Waals surface area (Å²) in [7, 11) is 0. The Hall–Kier alpha value is -2.70. The first kappa shape index (κ1) is 23.5. The van der Waals surface area contributed by atoms with Crippen LogP contribution in [-0.4, -0.2) is 58.7 Å². The Morgan fingerprint density at radius 3 is 2.45 bits per heavy atom. The average molecular weight is 455 g/mol. The molecule has 3 aliphatic rings. The number of amides is 3. The molecule has 0 bridgehead atoms. The fourth-order valence-corrected chi connectivity index (χ4v) is 5.92. The summed E-state index contributed by atoms with van der Waals surface area (Å²) >= 11 is 0. The molecule has 3 fully saturated rings. The number of hydrogen-bond acceptors (Lipinski definition) is 5. The maximum absolute atomic E-state index is 14.0. The molecule has 33 heavy (non-hydrogen) atoms. The van der Waals surface area contributed by atoms with Crippen molar-refractivity contribution >= 4 is 23.7 Å². The molecule has 4 rings (SSSR count). The number of piperidine rings is 1. The molecule has 2 saturated heterocycles. The van der Waals surface area contributed by atoms with Crippen molar-refractivity contribution in [1.82, 2.24) is 9.80 Å². The molecule has 178 valence electrons. The van der Waals surface area contributed by atoms with Crippen LogP contribution in [0.2, 0.25) is 0 Å². The second-order valence-corrected chi connectivity index (χ2v) is 9.61. The van der Waals surface area contributed by atoms with Crippen LogP contribution in [-0.2, 0) is 29.3 Å². The van der Waals surface area contributed by atoms with Crippen molar-refractivity contribution in [3.63, 3.8) is 0 Å². The topological polar surface area (TPSA) is 84.0 Å². The molecule has 2 atom stereocenters. The van der Waals surface area contributed by atoms with Crippen molar-refractivity contribution in [2.75, 3.05) is 13.2 Å². The van der Waals surface area contributed by atoms with Crippen molar-refractivity contribution in [3.05, 3.63) is 35.4 Å². The van der Waals surface area contributed by atoms with Crippen LogP contribution >= 0.6 is 0 Å². The average Bonchev–Trinajstić information content (AvgIpc) is 3.41. The van der Waals surface area contributed by atoms with E-state index in [1.807, 2.05) is 31.2 Å². The minimum atomic E-state index is -1.22. The lowest BCUT2D eigenvalue weighted by molar-refractivity contribution is -0.157. The highest BCUT2D eigenvalue weighted by molar-refractivity contribution is 6.11. The number of aryl methyl sites for hydroxylation is 1. The Kier molecular flexibility index (Phi) is 6.86. The summed E-state index contributed by atoms with van der Waals surface area (Å²) in [5.74, 6) is -1.10. The summed E-state index contributed by atoms with van der Waals surface area (Å²) in [5, 5.41) is 0. The van der Waals surface area contributed by atoms with E-state index in [0.717, 1.165) is 49.7 Å². The first-order valence-electron chi connectivity index (χ1n) is 12.3. The van der Waals surface area contributed by atoms with E-state index in [-0.39, 0.29) is 43.2 Å². The highest BCUT2D eigenvalue weighted by Crippen LogP contribution is 2.44. The summed E-state index contributed by atoms with van der Waals surface area (Å²) in [4.78, 5) is 56.4. The van der Waals surface area contributed by atoms with Gasteiger partial charge >= 0.3 is 5.97 Å². The number of likely N-dealkylation sites (tertiary alicyclic amines) is 2. The number of hydrogen-bond donors (Lipinski definition) is 0. The van der Waals surface area contributed by atoms with Crippen LogP contribution in [0.25, 0.3) is 0 Å². The second kappa shape index (κ2) is 9.65. The largest absolute Gasteiger partial charge is 0.464 e. The number of rotatable bonds is 6. The maximum atomic E-state index is 14.0. The quantitative estimate of drug-likeness (QED) is 0.487. The summed E-state index contributed by atoms with van der Waals surface area (Å²) in [5.41, 5.74) is 0.404. The lowest BCUT2D eigenvalue weighted by Gasteiger charge is -2.37. The van der Waals surface area contributed by atoms with Crippen molar-refractivity contribution in [3.8, 4) is 0 Å². The molecule has 0 spiro atoms. The van der Waals surface area contributed by atoms with Crippen LogP contribution in [0.1, 0.15) is 75.8 Å². The Balaban J connectivity index is 1.68. The predicted octanol–water partition coefficient (Wildman–Crippen LogP) is 3.27. The van der Waals surface area contributed by atoms with Gasteiger partial charge in [-0.2, -0.15) is 0 Å². The Labute approximate surface area is 195 Å². The van der Waals surface area contributed by atoms with Gasteiger partial charge in [-0.25, -0.2) is 4.79 Å². The van der Waals surface area contributed by atoms with Gasteiger partial charge in [-0.15, -0.1) is 0 Å². The van der Waals surface area contributed by atoms with E-state index < -0.39 is 17.4 Å². The van der Waals surface area contributed by atoms with E-state index in [4.69, 9.17) is 4.74 Å². The predicted molar refractivity (Wildman–Crippen MR) is 122 cm³/mol. The van der Waals surface area contributed by atoms with Crippen LogP contribution < -0.4 is 0 Å². The third-order valence-electron chi connectivity index (χ3n) is 7.54. The minimum Gasteiger partial charge on any atom is -0.464 e. The zero-order chi connectivity index (χ0) is 23.6. The third-order valence-corrected chi connectivity index (χ3v) is 7.54. The molecule has 1 saturated carbocycles. The number of carbonyl (C=O) groups is 4. The van der Waals surface area contributed by atoms with Gasteiger partial charge in [-0.05, 0) is 57.1 Å². The molecule has 1 aromatic carbocycles. The van der Waals surface area contributed by atoms with Gasteiger partial charge in [-0.3, -0.25) is 19.3 Å². The first-order chi connectivity index (χ1) is 15.9. The van der Waals surface area contributed by atoms with Crippen LogP contribution in [0.3, 0.4) is 0 Å². The van der Waals surface area contributed by atoms with E-state index in [1.54, 1.807) is 11.8 Å². The fraction of sp³-hybridized carbons (Fsp3) is 0.615. The minimum absolute atomic E-state index is 0.00314. The van der Waals surface area contributed by atoms with Crippen LogP contribution in [0.15, 0.2) is 24.3 Å². The lowest BCUT2D eigenvalue weighted by atomic mass is 9.73. The molecule has 0 aromatic heterocycles. The molecule has 0 N–H and O–H groups in total. The van der Waals surface area contributed by atoms with Crippen LogP contribution in [0.4, 0.5) is 0 Å². The molecule has 7 nitrogen and oxygen atoms in total. The summed E-state index contributed by atoms with van der Waals surface area (Å²) < 4.78 is 5.22. The number of benzene rings is 1. The number of esters is 1. The molecule has 2 aliphatic heterocycles. The zero-order valence-electron chi connectivity index (χ0n) is 19.7. The molecule has 3 amide bonds. The maximum Gasteiger partial charge on any atom is 0.328 e. The van der Waals surface area contributed by atoms with Crippen LogP contribution in [0.5, 0.6) is 0 Å². The molecule has 7 heteroatoms. The Morgan fingerprint density at radius 1 is 1.06 bits per heavy atom. The van der Waals surface area contributed by atoms with E-state index in [1.165, 1.54) is 4.90 Å². The fourth-order valence-electron chi connectivity index (χ4n) is 5.92. The lowest BCUT2D eigenvalue weighted by Crippen LogP contribution is -2.52. The van der Waals surface area contributed by atoms with Gasteiger partial charge in [-0.1, -0.05) is 37.1 Å². The molecule has 2 heterocycles. The SMILES string of the molecule is CCOC(=O)C1CCCCN1C(=O)CC1(c2ccccc2C)CC(=O)N(C2CCCC2)C1=O. The second-order valence-electron chi connectivity index (χ2n) is 9.61. The molecular formula is C26H34N2O5. The van der Waals surface area contributed by atoms with Gasteiger partial charge in [0.05, 0.1) is 12.0 Å².